The second-order valence-corrected chi connectivity index (χ2v) is 6.26. The quantitative estimate of drug-likeness (QED) is 0.444. The monoisotopic (exact) mass is 374 g/mol. The predicted molar refractivity (Wildman–Crippen MR) is 95.7 cm³/mol. The van der Waals surface area contributed by atoms with Crippen LogP contribution in [0.25, 0.3) is 17.4 Å². The first-order valence-electron chi connectivity index (χ1n) is 7.62. The highest BCUT2D eigenvalue weighted by atomic mass is 32.2. The molecule has 0 atom stereocenters. The van der Waals surface area contributed by atoms with Crippen molar-refractivity contribution in [3.05, 3.63) is 51.1 Å². The number of nitro groups is 1. The van der Waals surface area contributed by atoms with Crippen molar-refractivity contribution in [2.24, 2.45) is 0 Å². The Balaban J connectivity index is 1.95. The number of hydrogen-bond donors (Lipinski definition) is 0. The lowest BCUT2D eigenvalue weighted by Crippen LogP contribution is -2.27. The van der Waals surface area contributed by atoms with Crippen molar-refractivity contribution in [3.63, 3.8) is 0 Å². The lowest BCUT2D eigenvalue weighted by Gasteiger charge is -2.06. The van der Waals surface area contributed by atoms with Crippen LogP contribution < -0.4 is 4.74 Å². The van der Waals surface area contributed by atoms with Gasteiger partial charge in [-0.2, -0.15) is 0 Å². The molecule has 1 aromatic carbocycles. The van der Waals surface area contributed by atoms with Crippen LogP contribution >= 0.6 is 11.8 Å². The van der Waals surface area contributed by atoms with Crippen LogP contribution in [0.5, 0.6) is 5.75 Å². The van der Waals surface area contributed by atoms with E-state index in [2.05, 4.69) is 0 Å². The maximum Gasteiger partial charge on any atom is 0.293 e. The van der Waals surface area contributed by atoms with E-state index in [1.807, 2.05) is 0 Å². The Labute approximate surface area is 152 Å². The summed E-state index contributed by atoms with van der Waals surface area (Å²) in [6, 6.07) is 7.42. The van der Waals surface area contributed by atoms with Crippen molar-refractivity contribution in [1.82, 2.24) is 4.90 Å². The minimum atomic E-state index is -0.506. The SMILES string of the molecule is CCN1C(=O)S/C(=C/c2ccc(-c3cc([N+](=O)[O-])ccc3OC)o2)C1=O. The number of thioether (sulfide) groups is 1. The Morgan fingerprint density at radius 1 is 1.31 bits per heavy atom. The molecular formula is C17H14N2O6S. The molecule has 3 rings (SSSR count). The minimum Gasteiger partial charge on any atom is -0.496 e. The molecule has 0 bridgehead atoms. The van der Waals surface area contributed by atoms with Gasteiger partial charge in [0, 0.05) is 24.8 Å². The van der Waals surface area contributed by atoms with Crippen LogP contribution in [-0.4, -0.2) is 34.6 Å². The molecule has 2 aromatic rings. The maximum atomic E-state index is 12.1. The summed E-state index contributed by atoms with van der Waals surface area (Å²) >= 11 is 0.845. The van der Waals surface area contributed by atoms with Crippen LogP contribution in [0.3, 0.4) is 0 Å². The normalized spacial score (nSPS) is 15.8. The first kappa shape index (κ1) is 17.7. The second-order valence-electron chi connectivity index (χ2n) is 5.27. The van der Waals surface area contributed by atoms with Crippen molar-refractivity contribution in [2.75, 3.05) is 13.7 Å². The van der Waals surface area contributed by atoms with Crippen molar-refractivity contribution >= 4 is 34.7 Å². The lowest BCUT2D eigenvalue weighted by molar-refractivity contribution is -0.384. The molecular weight excluding hydrogens is 360 g/mol. The Bertz CT molecular complexity index is 933. The molecule has 9 heteroatoms. The summed E-state index contributed by atoms with van der Waals surface area (Å²) in [4.78, 5) is 35.8. The van der Waals surface area contributed by atoms with Gasteiger partial charge in [-0.15, -0.1) is 0 Å². The fourth-order valence-corrected chi connectivity index (χ4v) is 3.36. The van der Waals surface area contributed by atoms with E-state index >= 15 is 0 Å². The van der Waals surface area contributed by atoms with Gasteiger partial charge in [-0.1, -0.05) is 0 Å². The molecule has 0 saturated carbocycles. The molecule has 1 aliphatic heterocycles. The van der Waals surface area contributed by atoms with Gasteiger partial charge in [-0.05, 0) is 36.9 Å². The molecule has 1 aromatic heterocycles. The molecule has 1 saturated heterocycles. The number of nitrogens with zero attached hydrogens (tertiary/aromatic N) is 2. The number of methoxy groups -OCH3 is 1. The molecule has 134 valence electrons. The van der Waals surface area contributed by atoms with Crippen molar-refractivity contribution in [2.45, 2.75) is 6.92 Å². The summed E-state index contributed by atoms with van der Waals surface area (Å²) in [7, 11) is 1.45. The standard InChI is InChI=1S/C17H14N2O6S/c1-3-18-16(20)15(26-17(18)21)9-11-5-7-14(25-11)12-8-10(19(22)23)4-6-13(12)24-2/h4-9H,3H2,1-2H3/b15-9+. The van der Waals surface area contributed by atoms with Gasteiger partial charge < -0.3 is 9.15 Å². The fraction of sp³-hybridized carbons (Fsp3) is 0.176. The Morgan fingerprint density at radius 2 is 2.08 bits per heavy atom. The molecule has 0 unspecified atom stereocenters. The lowest BCUT2D eigenvalue weighted by atomic mass is 10.1. The number of likely N-dealkylation sites (N-methyl/N-ethyl adjacent to an activating group) is 1. The smallest absolute Gasteiger partial charge is 0.293 e. The van der Waals surface area contributed by atoms with E-state index in [0.29, 0.717) is 29.4 Å². The number of benzene rings is 1. The number of nitro benzene ring substituents is 1. The molecule has 0 spiro atoms. The summed E-state index contributed by atoms with van der Waals surface area (Å²) < 4.78 is 10.9. The molecule has 1 aliphatic rings. The summed E-state index contributed by atoms with van der Waals surface area (Å²) in [6.45, 7) is 2.02. The van der Waals surface area contributed by atoms with Crippen molar-refractivity contribution in [1.29, 1.82) is 0 Å². The highest BCUT2D eigenvalue weighted by molar-refractivity contribution is 8.18. The van der Waals surface area contributed by atoms with Gasteiger partial charge >= 0.3 is 0 Å². The van der Waals surface area contributed by atoms with Gasteiger partial charge in [-0.25, -0.2) is 0 Å². The zero-order valence-corrected chi connectivity index (χ0v) is 14.7. The molecule has 2 amide bonds. The zero-order valence-electron chi connectivity index (χ0n) is 13.9. The van der Waals surface area contributed by atoms with Crippen LogP contribution in [0.1, 0.15) is 12.7 Å². The number of imide groups is 1. The number of non-ortho nitro benzene ring substituents is 1. The average molecular weight is 374 g/mol. The third kappa shape index (κ3) is 3.21. The Kier molecular flexibility index (Phi) is 4.81. The summed E-state index contributed by atoms with van der Waals surface area (Å²) in [5.41, 5.74) is 0.325. The van der Waals surface area contributed by atoms with E-state index in [9.17, 15) is 19.7 Å². The molecule has 0 N–H and O–H groups in total. The number of amides is 2. The number of carbonyl (C=O) groups is 2. The van der Waals surface area contributed by atoms with Gasteiger partial charge in [0.05, 0.1) is 22.5 Å². The summed E-state index contributed by atoms with van der Waals surface area (Å²) in [5, 5.41) is 10.7. The Morgan fingerprint density at radius 3 is 2.69 bits per heavy atom. The van der Waals surface area contributed by atoms with E-state index in [-0.39, 0.29) is 21.7 Å². The average Bonchev–Trinajstić information content (AvgIpc) is 3.19. The third-order valence-electron chi connectivity index (χ3n) is 3.75. The van der Waals surface area contributed by atoms with Crippen molar-refractivity contribution < 1.29 is 23.7 Å². The van der Waals surface area contributed by atoms with E-state index in [4.69, 9.17) is 9.15 Å². The molecule has 0 radical (unpaired) electrons. The molecule has 2 heterocycles. The van der Waals surface area contributed by atoms with E-state index < -0.39 is 4.92 Å². The van der Waals surface area contributed by atoms with Gasteiger partial charge in [-0.3, -0.25) is 24.6 Å². The predicted octanol–water partition coefficient (Wildman–Crippen LogP) is 3.92. The van der Waals surface area contributed by atoms with E-state index in [1.165, 1.54) is 31.4 Å². The fourth-order valence-electron chi connectivity index (χ4n) is 2.48. The van der Waals surface area contributed by atoms with Gasteiger partial charge in [0.25, 0.3) is 16.8 Å². The number of rotatable bonds is 5. The van der Waals surface area contributed by atoms with E-state index in [1.54, 1.807) is 19.1 Å². The largest absolute Gasteiger partial charge is 0.496 e. The zero-order chi connectivity index (χ0) is 18.8. The maximum absolute atomic E-state index is 12.1. The topological polar surface area (TPSA) is 103 Å². The molecule has 8 nitrogen and oxygen atoms in total. The second kappa shape index (κ2) is 7.04. The summed E-state index contributed by atoms with van der Waals surface area (Å²) in [5.74, 6) is 0.762. The van der Waals surface area contributed by atoms with Crippen LogP contribution in [0, 0.1) is 10.1 Å². The first-order valence-corrected chi connectivity index (χ1v) is 8.44. The number of furan rings is 1. The summed E-state index contributed by atoms with van der Waals surface area (Å²) in [6.07, 6.45) is 1.48. The molecule has 26 heavy (non-hydrogen) atoms. The van der Waals surface area contributed by atoms with Gasteiger partial charge in [0.1, 0.15) is 17.3 Å². The number of ether oxygens (including phenoxy) is 1. The van der Waals surface area contributed by atoms with Crippen LogP contribution in [-0.2, 0) is 4.79 Å². The third-order valence-corrected chi connectivity index (χ3v) is 4.66. The number of hydrogen-bond acceptors (Lipinski definition) is 7. The first-order chi connectivity index (χ1) is 12.4. The van der Waals surface area contributed by atoms with Gasteiger partial charge in [0.2, 0.25) is 0 Å². The Hall–Kier alpha value is -3.07. The highest BCUT2D eigenvalue weighted by Crippen LogP contribution is 2.36. The van der Waals surface area contributed by atoms with Gasteiger partial charge in [0.15, 0.2) is 0 Å². The molecule has 1 fully saturated rings. The van der Waals surface area contributed by atoms with Crippen LogP contribution in [0.4, 0.5) is 10.5 Å². The molecule has 0 aliphatic carbocycles. The highest BCUT2D eigenvalue weighted by Gasteiger charge is 2.34. The van der Waals surface area contributed by atoms with Crippen molar-refractivity contribution in [3.8, 4) is 17.1 Å². The minimum absolute atomic E-state index is 0.0946. The van der Waals surface area contributed by atoms with Crippen LogP contribution in [0.15, 0.2) is 39.7 Å². The van der Waals surface area contributed by atoms with Crippen LogP contribution in [0.2, 0.25) is 0 Å². The van der Waals surface area contributed by atoms with E-state index in [0.717, 1.165) is 16.7 Å². The number of carbonyl (C=O) groups excluding carboxylic acids is 2.